The molecule has 0 saturated carbocycles. The fourth-order valence-electron chi connectivity index (χ4n) is 3.50. The lowest BCUT2D eigenvalue weighted by Crippen LogP contribution is -2.39. The molecule has 7 heteroatoms. The molecule has 7 nitrogen and oxygen atoms in total. The highest BCUT2D eigenvalue weighted by Gasteiger charge is 2.26. The maximum Gasteiger partial charge on any atom is 0.348 e. The quantitative estimate of drug-likeness (QED) is 0.567. The van der Waals surface area contributed by atoms with E-state index in [2.05, 4.69) is 4.98 Å². The topological polar surface area (TPSA) is 106 Å². The molecule has 0 amide bonds. The Balaban J connectivity index is 1.87. The number of aromatic amines is 1. The number of H-pyrrole nitrogens is 1. The van der Waals surface area contributed by atoms with Crippen LogP contribution < -0.4 is 16.9 Å². The Kier molecular flexibility index (Phi) is 3.31. The van der Waals surface area contributed by atoms with Gasteiger partial charge in [-0.15, -0.1) is 4.73 Å². The zero-order valence-electron chi connectivity index (χ0n) is 13.1. The van der Waals surface area contributed by atoms with E-state index in [-0.39, 0.29) is 0 Å². The SMILES string of the molecule is NCc1ccn(C2=CC3=C(CC2)CCc2[nH]c(=O)c(=O)n(O)c23)c1. The van der Waals surface area contributed by atoms with Crippen LogP contribution in [0.3, 0.4) is 0 Å². The van der Waals surface area contributed by atoms with Gasteiger partial charge in [0.2, 0.25) is 0 Å². The van der Waals surface area contributed by atoms with Gasteiger partial charge in [0.15, 0.2) is 0 Å². The van der Waals surface area contributed by atoms with Gasteiger partial charge in [-0.25, -0.2) is 0 Å². The highest BCUT2D eigenvalue weighted by Crippen LogP contribution is 2.38. The molecule has 124 valence electrons. The molecule has 4 N–H and O–H groups in total. The largest absolute Gasteiger partial charge is 0.425 e. The second-order valence-corrected chi connectivity index (χ2v) is 6.18. The fraction of sp³-hybridized carbons (Fsp3) is 0.294. The van der Waals surface area contributed by atoms with Crippen LogP contribution in [0.1, 0.15) is 36.2 Å². The van der Waals surface area contributed by atoms with Gasteiger partial charge in [0, 0.05) is 35.9 Å². The minimum absolute atomic E-state index is 0.407. The van der Waals surface area contributed by atoms with Gasteiger partial charge in [0.05, 0.1) is 0 Å². The number of allylic oxidation sites excluding steroid dienone is 4. The van der Waals surface area contributed by atoms with Crippen LogP contribution in [0.15, 0.2) is 39.7 Å². The average molecular weight is 326 g/mol. The van der Waals surface area contributed by atoms with E-state index in [0.717, 1.165) is 36.1 Å². The van der Waals surface area contributed by atoms with E-state index in [1.807, 2.05) is 29.1 Å². The Morgan fingerprint density at radius 1 is 1.21 bits per heavy atom. The van der Waals surface area contributed by atoms with Crippen molar-refractivity contribution in [3.05, 3.63) is 67.8 Å². The lowest BCUT2D eigenvalue weighted by atomic mass is 9.85. The summed E-state index contributed by atoms with van der Waals surface area (Å²) in [5, 5.41) is 10.2. The Bertz CT molecular complexity index is 1000. The number of hydrogen-bond donors (Lipinski definition) is 3. The van der Waals surface area contributed by atoms with Gasteiger partial charge in [-0.2, -0.15) is 0 Å². The monoisotopic (exact) mass is 326 g/mol. The second kappa shape index (κ2) is 5.38. The van der Waals surface area contributed by atoms with Gasteiger partial charge in [-0.1, -0.05) is 5.57 Å². The average Bonchev–Trinajstić information content (AvgIpc) is 3.08. The predicted octanol–water partition coefficient (Wildman–Crippen LogP) is 1.07. The number of nitrogens with two attached hydrogens (primary N) is 1. The standard InChI is InChI=1S/C17H18N4O3/c18-8-10-5-6-20(9-10)12-3-1-11-2-4-14-15(13(11)7-12)21(24)17(23)16(22)19-14/h5-7,9,24H,1-4,8,18H2,(H,19,22). The van der Waals surface area contributed by atoms with Crippen molar-refractivity contribution in [2.24, 2.45) is 5.73 Å². The summed E-state index contributed by atoms with van der Waals surface area (Å²) in [5.41, 5.74) is 9.08. The van der Waals surface area contributed by atoms with E-state index in [1.54, 1.807) is 0 Å². The zero-order chi connectivity index (χ0) is 16.8. The van der Waals surface area contributed by atoms with Crippen molar-refractivity contribution < 1.29 is 5.21 Å². The van der Waals surface area contributed by atoms with Crippen molar-refractivity contribution in [1.29, 1.82) is 0 Å². The Hall–Kier alpha value is -2.80. The first-order chi connectivity index (χ1) is 11.6. The van der Waals surface area contributed by atoms with Crippen LogP contribution in [0.2, 0.25) is 0 Å². The molecule has 0 aliphatic heterocycles. The zero-order valence-corrected chi connectivity index (χ0v) is 13.1. The lowest BCUT2D eigenvalue weighted by Gasteiger charge is -2.26. The van der Waals surface area contributed by atoms with Gasteiger partial charge < -0.3 is 20.5 Å². The molecule has 0 saturated heterocycles. The van der Waals surface area contributed by atoms with Crippen LogP contribution in [0, 0.1) is 0 Å². The minimum Gasteiger partial charge on any atom is -0.425 e. The number of nitrogens with one attached hydrogen (secondary N) is 1. The molecule has 2 aromatic heterocycles. The summed E-state index contributed by atoms with van der Waals surface area (Å²) in [6, 6.07) is 1.97. The molecule has 0 radical (unpaired) electrons. The number of fused-ring (bicyclic) bond motifs is 2. The molecule has 0 fully saturated rings. The molecule has 24 heavy (non-hydrogen) atoms. The van der Waals surface area contributed by atoms with Crippen LogP contribution in [0.25, 0.3) is 11.3 Å². The number of aryl methyl sites for hydroxylation is 1. The molecule has 0 spiro atoms. The first-order valence-corrected chi connectivity index (χ1v) is 7.96. The third-order valence-electron chi connectivity index (χ3n) is 4.78. The van der Waals surface area contributed by atoms with Crippen molar-refractivity contribution in [2.45, 2.75) is 32.2 Å². The first-order valence-electron chi connectivity index (χ1n) is 7.96. The van der Waals surface area contributed by atoms with E-state index < -0.39 is 11.1 Å². The Morgan fingerprint density at radius 2 is 2.00 bits per heavy atom. The van der Waals surface area contributed by atoms with Crippen LogP contribution in [-0.2, 0) is 13.0 Å². The van der Waals surface area contributed by atoms with Gasteiger partial charge in [-0.05, 0) is 43.4 Å². The lowest BCUT2D eigenvalue weighted by molar-refractivity contribution is 0.168. The van der Waals surface area contributed by atoms with E-state index in [1.165, 1.54) is 5.57 Å². The third-order valence-corrected chi connectivity index (χ3v) is 4.78. The van der Waals surface area contributed by atoms with Crippen LogP contribution in [-0.4, -0.2) is 19.5 Å². The number of hydrogen-bond acceptors (Lipinski definition) is 4. The van der Waals surface area contributed by atoms with E-state index in [9.17, 15) is 14.8 Å². The second-order valence-electron chi connectivity index (χ2n) is 6.18. The molecule has 0 unspecified atom stereocenters. The minimum atomic E-state index is -0.950. The summed E-state index contributed by atoms with van der Waals surface area (Å²) in [7, 11) is 0. The molecule has 2 aromatic rings. The molecule has 0 aromatic carbocycles. The summed E-state index contributed by atoms with van der Waals surface area (Å²) in [5.74, 6) is 0. The number of aromatic nitrogens is 3. The normalized spacial score (nSPS) is 16.6. The molecular formula is C17H18N4O3. The van der Waals surface area contributed by atoms with Crippen molar-refractivity contribution in [2.75, 3.05) is 0 Å². The van der Waals surface area contributed by atoms with Gasteiger partial charge >= 0.3 is 11.1 Å². The predicted molar refractivity (Wildman–Crippen MR) is 89.6 cm³/mol. The number of rotatable bonds is 2. The maximum atomic E-state index is 11.8. The van der Waals surface area contributed by atoms with Crippen molar-refractivity contribution in [1.82, 2.24) is 14.3 Å². The highest BCUT2D eigenvalue weighted by molar-refractivity contribution is 5.84. The molecule has 2 heterocycles. The summed E-state index contributed by atoms with van der Waals surface area (Å²) >= 11 is 0. The van der Waals surface area contributed by atoms with Crippen molar-refractivity contribution in [3.8, 4) is 0 Å². The van der Waals surface area contributed by atoms with Crippen molar-refractivity contribution >= 4 is 11.3 Å². The maximum absolute atomic E-state index is 11.8. The van der Waals surface area contributed by atoms with Crippen LogP contribution >= 0.6 is 0 Å². The van der Waals surface area contributed by atoms with Gasteiger partial charge in [0.25, 0.3) is 0 Å². The smallest absolute Gasteiger partial charge is 0.348 e. The molecular weight excluding hydrogens is 308 g/mol. The Morgan fingerprint density at radius 3 is 2.75 bits per heavy atom. The molecule has 0 bridgehead atoms. The molecule has 2 aliphatic carbocycles. The first kappa shape index (κ1) is 14.8. The van der Waals surface area contributed by atoms with E-state index in [4.69, 9.17) is 5.73 Å². The molecule has 0 atom stereocenters. The van der Waals surface area contributed by atoms with E-state index in [0.29, 0.717) is 29.1 Å². The van der Waals surface area contributed by atoms with Crippen molar-refractivity contribution in [3.63, 3.8) is 0 Å². The van der Waals surface area contributed by atoms with Gasteiger partial charge in [-0.3, -0.25) is 9.59 Å². The summed E-state index contributed by atoms with van der Waals surface area (Å²) in [4.78, 5) is 26.0. The number of nitrogens with zero attached hydrogens (tertiary/aromatic N) is 2. The van der Waals surface area contributed by atoms with E-state index >= 15 is 0 Å². The molecule has 2 aliphatic rings. The fourth-order valence-corrected chi connectivity index (χ4v) is 3.50. The summed E-state index contributed by atoms with van der Waals surface area (Å²) in [6.07, 6.45) is 9.12. The van der Waals surface area contributed by atoms with Gasteiger partial charge in [0.1, 0.15) is 5.69 Å². The third kappa shape index (κ3) is 2.16. The summed E-state index contributed by atoms with van der Waals surface area (Å²) < 4.78 is 2.51. The highest BCUT2D eigenvalue weighted by atomic mass is 16.5. The van der Waals surface area contributed by atoms with Crippen LogP contribution in [0.4, 0.5) is 0 Å². The summed E-state index contributed by atoms with van der Waals surface area (Å²) in [6.45, 7) is 0.481. The molecule has 4 rings (SSSR count). The van der Waals surface area contributed by atoms with Crippen LogP contribution in [0.5, 0.6) is 0 Å². The Labute approximate surface area is 137 Å².